The number of carbonyl (C=O) groups is 1. The number of rotatable bonds is 5. The molecule has 28 heavy (non-hydrogen) atoms. The largest absolute Gasteiger partial charge is 0.504 e. The Morgan fingerprint density at radius 1 is 1.18 bits per heavy atom. The van der Waals surface area contributed by atoms with Crippen molar-refractivity contribution in [2.45, 2.75) is 20.5 Å². The van der Waals surface area contributed by atoms with E-state index >= 15 is 0 Å². The van der Waals surface area contributed by atoms with E-state index in [0.717, 1.165) is 16.5 Å². The van der Waals surface area contributed by atoms with Crippen LogP contribution < -0.4 is 10.4 Å². The number of benzene rings is 2. The van der Waals surface area contributed by atoms with Crippen molar-refractivity contribution in [2.75, 3.05) is 7.11 Å². The van der Waals surface area contributed by atoms with E-state index in [0.29, 0.717) is 22.5 Å². The van der Waals surface area contributed by atoms with Crippen LogP contribution in [0, 0.1) is 13.8 Å². The molecule has 0 atom stereocenters. The highest BCUT2D eigenvalue weighted by atomic mass is 16.5. The normalized spacial score (nSPS) is 11.1. The fourth-order valence-electron chi connectivity index (χ4n) is 2.80. The van der Waals surface area contributed by atoms with Gasteiger partial charge < -0.3 is 19.0 Å². The summed E-state index contributed by atoms with van der Waals surface area (Å²) in [6.07, 6.45) is 2.82. The second-order valence-corrected chi connectivity index (χ2v) is 6.35. The van der Waals surface area contributed by atoms with Crippen molar-refractivity contribution in [3.63, 3.8) is 0 Å². The van der Waals surface area contributed by atoms with Gasteiger partial charge in [0.1, 0.15) is 12.2 Å². The summed E-state index contributed by atoms with van der Waals surface area (Å²) in [5.74, 6) is -0.233. The molecule has 144 valence electrons. The lowest BCUT2D eigenvalue weighted by molar-refractivity contribution is -0.138. The zero-order valence-corrected chi connectivity index (χ0v) is 15.8. The average molecular weight is 380 g/mol. The van der Waals surface area contributed by atoms with Gasteiger partial charge in [0, 0.05) is 23.1 Å². The van der Waals surface area contributed by atoms with Crippen molar-refractivity contribution in [3.05, 3.63) is 75.1 Å². The molecule has 6 heteroatoms. The highest BCUT2D eigenvalue weighted by Crippen LogP contribution is 2.27. The molecule has 6 nitrogen and oxygen atoms in total. The molecular formula is C22H20O6. The highest BCUT2D eigenvalue weighted by molar-refractivity contribution is 5.88. The Bertz CT molecular complexity index is 1120. The smallest absolute Gasteiger partial charge is 0.336 e. The molecule has 2 aromatic carbocycles. The predicted octanol–water partition coefficient (Wildman–Crippen LogP) is 3.88. The fraction of sp³-hybridized carbons (Fsp3) is 0.182. The maximum absolute atomic E-state index is 12.1. The summed E-state index contributed by atoms with van der Waals surface area (Å²) in [6.45, 7) is 3.77. The number of fused-ring (bicyclic) bond motifs is 1. The van der Waals surface area contributed by atoms with Crippen molar-refractivity contribution >= 4 is 23.0 Å². The molecule has 1 heterocycles. The molecule has 1 aromatic heterocycles. The van der Waals surface area contributed by atoms with Crippen molar-refractivity contribution in [3.8, 4) is 11.5 Å². The van der Waals surface area contributed by atoms with Gasteiger partial charge in [-0.2, -0.15) is 0 Å². The lowest BCUT2D eigenvalue weighted by Crippen LogP contribution is -2.06. The zero-order chi connectivity index (χ0) is 20.3. The number of aromatic hydroxyl groups is 1. The summed E-state index contributed by atoms with van der Waals surface area (Å²) < 4.78 is 15.6. The minimum Gasteiger partial charge on any atom is -0.504 e. The topological polar surface area (TPSA) is 86.0 Å². The van der Waals surface area contributed by atoms with Gasteiger partial charge >= 0.3 is 11.6 Å². The first kappa shape index (κ1) is 19.2. The van der Waals surface area contributed by atoms with Gasteiger partial charge in [-0.15, -0.1) is 0 Å². The first-order valence-corrected chi connectivity index (χ1v) is 8.64. The first-order valence-electron chi connectivity index (χ1n) is 8.64. The summed E-state index contributed by atoms with van der Waals surface area (Å²) in [4.78, 5) is 23.9. The van der Waals surface area contributed by atoms with Crippen LogP contribution >= 0.6 is 0 Å². The number of aryl methyl sites for hydroxylation is 2. The van der Waals surface area contributed by atoms with E-state index in [1.54, 1.807) is 18.2 Å². The highest BCUT2D eigenvalue weighted by Gasteiger charge is 2.11. The zero-order valence-electron chi connectivity index (χ0n) is 15.8. The molecule has 0 bridgehead atoms. The van der Waals surface area contributed by atoms with Crippen LogP contribution in [0.25, 0.3) is 17.0 Å². The molecule has 1 N–H and O–H groups in total. The Balaban J connectivity index is 1.76. The standard InChI is InChI=1S/C22H20O6/c1-13-4-7-17-16(11-21(25)28-22(17)14(13)2)12-27-20(24)9-6-15-5-8-18(23)19(10-15)26-3/h4-11,23H,12H2,1-3H3. The fourth-order valence-corrected chi connectivity index (χ4v) is 2.80. The van der Waals surface area contributed by atoms with Crippen molar-refractivity contribution in [1.29, 1.82) is 0 Å². The molecule has 0 saturated heterocycles. The molecule has 0 aliphatic carbocycles. The Hall–Kier alpha value is -3.54. The van der Waals surface area contributed by atoms with Gasteiger partial charge in [-0.05, 0) is 48.7 Å². The molecular weight excluding hydrogens is 360 g/mol. The summed E-state index contributed by atoms with van der Waals surface area (Å²) in [5, 5.41) is 10.3. The molecule has 0 saturated carbocycles. The number of methoxy groups -OCH3 is 1. The van der Waals surface area contributed by atoms with E-state index < -0.39 is 11.6 Å². The maximum Gasteiger partial charge on any atom is 0.336 e. The molecule has 0 aliphatic heterocycles. The Morgan fingerprint density at radius 3 is 2.71 bits per heavy atom. The van der Waals surface area contributed by atoms with Crippen LogP contribution in [0.2, 0.25) is 0 Å². The van der Waals surface area contributed by atoms with Crippen LogP contribution in [-0.2, 0) is 16.1 Å². The van der Waals surface area contributed by atoms with Gasteiger partial charge in [-0.3, -0.25) is 0 Å². The Kier molecular flexibility index (Phi) is 5.49. The van der Waals surface area contributed by atoms with E-state index in [4.69, 9.17) is 13.9 Å². The Labute approximate surface area is 161 Å². The van der Waals surface area contributed by atoms with E-state index in [-0.39, 0.29) is 12.4 Å². The molecule has 0 spiro atoms. The average Bonchev–Trinajstić information content (AvgIpc) is 2.68. The molecule has 0 radical (unpaired) electrons. The SMILES string of the molecule is COc1cc(C=CC(=O)OCc2cc(=O)oc3c(C)c(C)ccc23)ccc1O. The van der Waals surface area contributed by atoms with Crippen molar-refractivity contribution in [1.82, 2.24) is 0 Å². The molecule has 0 amide bonds. The minimum absolute atomic E-state index is 0.0162. The van der Waals surface area contributed by atoms with Gasteiger partial charge in [0.2, 0.25) is 0 Å². The van der Waals surface area contributed by atoms with Crippen LogP contribution in [0.4, 0.5) is 0 Å². The summed E-state index contributed by atoms with van der Waals surface area (Å²) in [7, 11) is 1.45. The third-order valence-electron chi connectivity index (χ3n) is 4.50. The second-order valence-electron chi connectivity index (χ2n) is 6.35. The lowest BCUT2D eigenvalue weighted by atomic mass is 10.0. The van der Waals surface area contributed by atoms with Gasteiger partial charge in [0.25, 0.3) is 0 Å². The van der Waals surface area contributed by atoms with Crippen LogP contribution in [0.15, 0.2) is 51.7 Å². The van der Waals surface area contributed by atoms with E-state index in [1.165, 1.54) is 25.3 Å². The monoisotopic (exact) mass is 380 g/mol. The molecule has 3 aromatic rings. The number of phenols is 1. The quantitative estimate of drug-likeness (QED) is 0.411. The van der Waals surface area contributed by atoms with Gasteiger partial charge in [-0.1, -0.05) is 18.2 Å². The van der Waals surface area contributed by atoms with E-state index in [9.17, 15) is 14.7 Å². The Morgan fingerprint density at radius 2 is 1.96 bits per heavy atom. The molecule has 0 fully saturated rings. The van der Waals surface area contributed by atoms with Gasteiger partial charge in [-0.25, -0.2) is 9.59 Å². The number of phenolic OH excluding ortho intramolecular Hbond substituents is 1. The minimum atomic E-state index is -0.558. The molecule has 3 rings (SSSR count). The van der Waals surface area contributed by atoms with Crippen LogP contribution in [0.5, 0.6) is 11.5 Å². The van der Waals surface area contributed by atoms with Gasteiger partial charge in [0.05, 0.1) is 7.11 Å². The summed E-state index contributed by atoms with van der Waals surface area (Å²) >= 11 is 0. The van der Waals surface area contributed by atoms with Gasteiger partial charge in [0.15, 0.2) is 11.5 Å². The predicted molar refractivity (Wildman–Crippen MR) is 105 cm³/mol. The van der Waals surface area contributed by atoms with Crippen LogP contribution in [0.1, 0.15) is 22.3 Å². The first-order chi connectivity index (χ1) is 13.4. The summed E-state index contributed by atoms with van der Waals surface area (Å²) in [6, 6.07) is 9.83. The molecule has 0 aliphatic rings. The number of hydrogen-bond acceptors (Lipinski definition) is 6. The summed E-state index contributed by atoms with van der Waals surface area (Å²) in [5.41, 5.74) is 3.16. The van der Waals surface area contributed by atoms with E-state index in [1.807, 2.05) is 26.0 Å². The second kappa shape index (κ2) is 8.00. The van der Waals surface area contributed by atoms with Crippen LogP contribution in [0.3, 0.4) is 0 Å². The van der Waals surface area contributed by atoms with Crippen LogP contribution in [-0.4, -0.2) is 18.2 Å². The number of hydrogen-bond donors (Lipinski definition) is 1. The van der Waals surface area contributed by atoms with E-state index in [2.05, 4.69) is 0 Å². The van der Waals surface area contributed by atoms with Crippen molar-refractivity contribution < 1.29 is 23.8 Å². The molecule has 0 unspecified atom stereocenters. The number of carbonyl (C=O) groups excluding carboxylic acids is 1. The lowest BCUT2D eigenvalue weighted by Gasteiger charge is -2.09. The maximum atomic E-state index is 12.1. The number of ether oxygens (including phenoxy) is 2. The third kappa shape index (κ3) is 4.06. The third-order valence-corrected chi connectivity index (χ3v) is 4.50. The number of esters is 1. The van der Waals surface area contributed by atoms with Crippen molar-refractivity contribution in [2.24, 2.45) is 0 Å².